The molecule has 1 aliphatic carbocycles. The number of benzene rings is 1. The lowest BCUT2D eigenvalue weighted by Crippen LogP contribution is -2.24. The number of thiocarbonyl (C=S) groups is 1. The smallest absolute Gasteiger partial charge is 0.331 e. The van der Waals surface area contributed by atoms with Crippen LogP contribution in [0.3, 0.4) is 0 Å². The summed E-state index contributed by atoms with van der Waals surface area (Å²) in [6.45, 7) is 2.02. The summed E-state index contributed by atoms with van der Waals surface area (Å²) in [5.74, 6) is 0. The molecule has 0 bridgehead atoms. The Morgan fingerprint density at radius 3 is 2.67 bits per heavy atom. The predicted molar refractivity (Wildman–Crippen MR) is 81.2 cm³/mol. The third-order valence-electron chi connectivity index (χ3n) is 2.94. The highest BCUT2D eigenvalue weighted by molar-refractivity contribution is 7.80. The van der Waals surface area contributed by atoms with Crippen LogP contribution in [-0.4, -0.2) is 10.8 Å². The van der Waals surface area contributed by atoms with E-state index in [-0.39, 0.29) is 10.8 Å². The third kappa shape index (κ3) is 4.56. The second-order valence-corrected chi connectivity index (χ2v) is 5.15. The summed E-state index contributed by atoms with van der Waals surface area (Å²) in [5.41, 5.74) is 4.29. The number of hydrogen-bond donors (Lipinski definition) is 2. The molecule has 0 saturated carbocycles. The van der Waals surface area contributed by atoms with Crippen LogP contribution in [0, 0.1) is 0 Å². The van der Waals surface area contributed by atoms with E-state index in [2.05, 4.69) is 15.8 Å². The first-order valence-corrected chi connectivity index (χ1v) is 6.73. The molecule has 3 nitrogen and oxygen atoms in total. The van der Waals surface area contributed by atoms with Gasteiger partial charge < -0.3 is 5.32 Å². The van der Waals surface area contributed by atoms with Crippen LogP contribution in [0.25, 0.3) is 0 Å². The highest BCUT2D eigenvalue weighted by Gasteiger charge is 2.30. The Labute approximate surface area is 125 Å². The molecule has 112 valence electrons. The molecule has 21 heavy (non-hydrogen) atoms. The fourth-order valence-corrected chi connectivity index (χ4v) is 2.06. The number of rotatable bonds is 2. The van der Waals surface area contributed by atoms with E-state index in [4.69, 9.17) is 12.2 Å². The zero-order chi connectivity index (χ0) is 15.5. The summed E-state index contributed by atoms with van der Waals surface area (Å²) >= 11 is 5.01. The molecular weight excluding hydrogens is 299 g/mol. The summed E-state index contributed by atoms with van der Waals surface area (Å²) in [6, 6.07) is 4.84. The molecule has 0 aromatic heterocycles. The van der Waals surface area contributed by atoms with Crippen molar-refractivity contribution in [3.8, 4) is 0 Å². The van der Waals surface area contributed by atoms with E-state index < -0.39 is 11.7 Å². The topological polar surface area (TPSA) is 36.4 Å². The van der Waals surface area contributed by atoms with E-state index in [0.717, 1.165) is 30.7 Å². The second kappa shape index (κ2) is 6.26. The van der Waals surface area contributed by atoms with Crippen molar-refractivity contribution in [3.05, 3.63) is 41.5 Å². The van der Waals surface area contributed by atoms with E-state index in [0.29, 0.717) is 0 Å². The maximum atomic E-state index is 12.6. The van der Waals surface area contributed by atoms with E-state index >= 15 is 0 Å². The number of halogens is 3. The van der Waals surface area contributed by atoms with Crippen LogP contribution in [0.2, 0.25) is 0 Å². The second-order valence-electron chi connectivity index (χ2n) is 4.74. The Morgan fingerprint density at radius 2 is 2.05 bits per heavy atom. The first-order valence-electron chi connectivity index (χ1n) is 6.32. The van der Waals surface area contributed by atoms with Crippen LogP contribution in [-0.2, 0) is 6.18 Å². The van der Waals surface area contributed by atoms with Crippen molar-refractivity contribution >= 4 is 28.7 Å². The van der Waals surface area contributed by atoms with Gasteiger partial charge in [0.1, 0.15) is 0 Å². The van der Waals surface area contributed by atoms with Crippen molar-refractivity contribution in [2.24, 2.45) is 5.10 Å². The zero-order valence-corrected chi connectivity index (χ0v) is 12.1. The van der Waals surface area contributed by atoms with Crippen LogP contribution in [0.5, 0.6) is 0 Å². The van der Waals surface area contributed by atoms with Crippen molar-refractivity contribution in [1.29, 1.82) is 0 Å². The minimum Gasteiger partial charge on any atom is -0.331 e. The number of nitrogens with one attached hydrogen (secondary N) is 2. The SMILES string of the molecule is CC1=CC(=NNC(=S)Nc2cccc(C(F)(F)F)c2)CC1. The van der Waals surface area contributed by atoms with Gasteiger partial charge in [0.15, 0.2) is 5.11 Å². The van der Waals surface area contributed by atoms with Crippen molar-refractivity contribution < 1.29 is 13.2 Å². The molecule has 2 rings (SSSR count). The molecule has 0 fully saturated rings. The van der Waals surface area contributed by atoms with Gasteiger partial charge in [0.25, 0.3) is 0 Å². The normalized spacial score (nSPS) is 16.8. The fraction of sp³-hybridized carbons (Fsp3) is 0.286. The first-order chi connectivity index (χ1) is 9.84. The first kappa shape index (κ1) is 15.5. The molecule has 0 unspecified atom stereocenters. The number of alkyl halides is 3. The van der Waals surface area contributed by atoms with Crippen molar-refractivity contribution in [3.63, 3.8) is 0 Å². The Hall–Kier alpha value is -1.89. The largest absolute Gasteiger partial charge is 0.416 e. The van der Waals surface area contributed by atoms with Gasteiger partial charge in [0.2, 0.25) is 0 Å². The third-order valence-corrected chi connectivity index (χ3v) is 3.13. The Balaban J connectivity index is 1.97. The van der Waals surface area contributed by atoms with E-state index in [1.165, 1.54) is 17.7 Å². The highest BCUT2D eigenvalue weighted by Crippen LogP contribution is 2.30. The minimum absolute atomic E-state index is 0.153. The molecule has 0 spiro atoms. The van der Waals surface area contributed by atoms with Crippen molar-refractivity contribution in [1.82, 2.24) is 5.43 Å². The summed E-state index contributed by atoms with van der Waals surface area (Å²) in [5, 5.41) is 6.94. The molecule has 1 aromatic carbocycles. The number of nitrogens with zero attached hydrogens (tertiary/aromatic N) is 1. The van der Waals surface area contributed by atoms with Crippen LogP contribution in [0.15, 0.2) is 41.0 Å². The summed E-state index contributed by atoms with van der Waals surface area (Å²) in [7, 11) is 0. The maximum Gasteiger partial charge on any atom is 0.416 e. The number of allylic oxidation sites excluding steroid dienone is 2. The number of hydrazone groups is 1. The Bertz CT molecular complexity index is 606. The number of hydrogen-bond acceptors (Lipinski definition) is 2. The summed E-state index contributed by atoms with van der Waals surface area (Å²) < 4.78 is 37.8. The molecule has 0 amide bonds. The molecular formula is C14H14F3N3S. The maximum absolute atomic E-state index is 12.6. The van der Waals surface area contributed by atoms with Gasteiger partial charge in [0, 0.05) is 5.69 Å². The lowest BCUT2D eigenvalue weighted by molar-refractivity contribution is -0.137. The van der Waals surface area contributed by atoms with Crippen LogP contribution < -0.4 is 10.7 Å². The van der Waals surface area contributed by atoms with Crippen molar-refractivity contribution in [2.45, 2.75) is 25.9 Å². The monoisotopic (exact) mass is 313 g/mol. The average molecular weight is 313 g/mol. The molecule has 2 N–H and O–H groups in total. The Kier molecular flexibility index (Phi) is 4.62. The lowest BCUT2D eigenvalue weighted by atomic mass is 10.2. The molecule has 0 aliphatic heterocycles. The summed E-state index contributed by atoms with van der Waals surface area (Å²) in [6.07, 6.45) is -0.613. The van der Waals surface area contributed by atoms with Crippen LogP contribution in [0.1, 0.15) is 25.3 Å². The molecule has 0 radical (unpaired) electrons. The molecule has 0 heterocycles. The molecule has 1 aromatic rings. The standard InChI is InChI=1S/C14H14F3N3S/c1-9-5-6-12(7-9)19-20-13(21)18-11-4-2-3-10(8-11)14(15,16)17/h2-4,7-8H,5-6H2,1H3,(H2,18,20,21). The van der Waals surface area contributed by atoms with Crippen LogP contribution >= 0.6 is 12.2 Å². The summed E-state index contributed by atoms with van der Waals surface area (Å²) in [4.78, 5) is 0. The quantitative estimate of drug-likeness (QED) is 0.638. The van der Waals surface area contributed by atoms with Gasteiger partial charge in [-0.2, -0.15) is 18.3 Å². The van der Waals surface area contributed by atoms with Crippen LogP contribution in [0.4, 0.5) is 18.9 Å². The van der Waals surface area contributed by atoms with Gasteiger partial charge in [0.05, 0.1) is 11.3 Å². The molecule has 1 aliphatic rings. The van der Waals surface area contributed by atoms with Gasteiger partial charge in [-0.05, 0) is 56.3 Å². The highest BCUT2D eigenvalue weighted by atomic mass is 32.1. The van der Waals surface area contributed by atoms with E-state index in [9.17, 15) is 13.2 Å². The molecule has 0 atom stereocenters. The van der Waals surface area contributed by atoms with Gasteiger partial charge >= 0.3 is 6.18 Å². The molecule has 7 heteroatoms. The van der Waals surface area contributed by atoms with E-state index in [1.54, 1.807) is 0 Å². The Morgan fingerprint density at radius 1 is 1.29 bits per heavy atom. The fourth-order valence-electron chi connectivity index (χ4n) is 1.90. The lowest BCUT2D eigenvalue weighted by Gasteiger charge is -2.11. The van der Waals surface area contributed by atoms with Gasteiger partial charge in [-0.25, -0.2) is 0 Å². The zero-order valence-electron chi connectivity index (χ0n) is 11.3. The van der Waals surface area contributed by atoms with Gasteiger partial charge in [-0.3, -0.25) is 5.43 Å². The van der Waals surface area contributed by atoms with Gasteiger partial charge in [-0.15, -0.1) is 0 Å². The predicted octanol–water partition coefficient (Wildman–Crippen LogP) is 4.09. The number of anilines is 1. The van der Waals surface area contributed by atoms with Gasteiger partial charge in [-0.1, -0.05) is 11.6 Å². The minimum atomic E-state index is -4.38. The van der Waals surface area contributed by atoms with E-state index in [1.807, 2.05) is 13.0 Å². The molecule has 0 saturated heterocycles. The average Bonchev–Trinajstić information content (AvgIpc) is 2.82. The van der Waals surface area contributed by atoms with Crippen molar-refractivity contribution in [2.75, 3.05) is 5.32 Å².